The molecule has 3 atom stereocenters. The number of fused-ring (bicyclic) bond motifs is 1. The molecule has 3 rings (SSSR count). The van der Waals surface area contributed by atoms with Gasteiger partial charge < -0.3 is 10.3 Å². The number of carbonyl (C=O) groups is 1. The van der Waals surface area contributed by atoms with Crippen LogP contribution >= 0.6 is 0 Å². The predicted octanol–water partition coefficient (Wildman–Crippen LogP) is 5.82. The van der Waals surface area contributed by atoms with Crippen molar-refractivity contribution in [2.75, 3.05) is 6.54 Å². The first-order valence-electron chi connectivity index (χ1n) is 11.7. The average Bonchev–Trinajstić information content (AvgIpc) is 3.10. The maximum absolute atomic E-state index is 12.5. The van der Waals surface area contributed by atoms with Crippen molar-refractivity contribution in [1.29, 1.82) is 0 Å². The third-order valence-corrected chi connectivity index (χ3v) is 7.08. The van der Waals surface area contributed by atoms with E-state index in [2.05, 4.69) is 76.1 Å². The van der Waals surface area contributed by atoms with Gasteiger partial charge in [-0.25, -0.2) is 4.98 Å². The van der Waals surface area contributed by atoms with Crippen LogP contribution in [0.1, 0.15) is 65.3 Å². The summed E-state index contributed by atoms with van der Waals surface area (Å²) in [5.74, 6) is 3.52. The van der Waals surface area contributed by atoms with Gasteiger partial charge in [0.25, 0.3) is 0 Å². The van der Waals surface area contributed by atoms with Gasteiger partial charge in [-0.15, -0.1) is 0 Å². The molecule has 2 N–H and O–H groups in total. The van der Waals surface area contributed by atoms with Gasteiger partial charge in [-0.3, -0.25) is 4.79 Å². The maximum atomic E-state index is 12.5. The molecule has 0 saturated heterocycles. The van der Waals surface area contributed by atoms with Crippen molar-refractivity contribution >= 4 is 16.9 Å². The van der Waals surface area contributed by atoms with Crippen LogP contribution in [0.5, 0.6) is 0 Å². The lowest BCUT2D eigenvalue weighted by Crippen LogP contribution is -2.39. The Balaban J connectivity index is 1.71. The van der Waals surface area contributed by atoms with Crippen LogP contribution < -0.4 is 5.32 Å². The molecule has 0 unspecified atom stereocenters. The number of nitrogens with zero attached hydrogens (tertiary/aromatic N) is 1. The van der Waals surface area contributed by atoms with Gasteiger partial charge in [0.15, 0.2) is 0 Å². The van der Waals surface area contributed by atoms with E-state index in [-0.39, 0.29) is 11.8 Å². The molecule has 1 aromatic heterocycles. The van der Waals surface area contributed by atoms with Crippen LogP contribution in [0.4, 0.5) is 0 Å². The second-order valence-electron chi connectivity index (χ2n) is 9.58. The van der Waals surface area contributed by atoms with Crippen molar-refractivity contribution in [3.63, 3.8) is 0 Å². The van der Waals surface area contributed by atoms with Crippen LogP contribution in [0.25, 0.3) is 11.0 Å². The van der Waals surface area contributed by atoms with Crippen LogP contribution in [0, 0.1) is 36.5 Å². The number of hydrogen-bond acceptors (Lipinski definition) is 2. The Kier molecular flexibility index (Phi) is 7.38. The Morgan fingerprint density at radius 1 is 1.23 bits per heavy atom. The predicted molar refractivity (Wildman–Crippen MR) is 125 cm³/mol. The number of rotatable bonds is 8. The molecule has 0 aliphatic heterocycles. The third-order valence-electron chi connectivity index (χ3n) is 7.08. The number of benzene rings is 1. The minimum atomic E-state index is 0.139. The van der Waals surface area contributed by atoms with E-state index in [9.17, 15) is 4.79 Å². The van der Waals surface area contributed by atoms with Crippen molar-refractivity contribution in [3.05, 3.63) is 41.2 Å². The summed E-state index contributed by atoms with van der Waals surface area (Å²) in [7, 11) is 0. The molecule has 4 nitrogen and oxygen atoms in total. The lowest BCUT2D eigenvalue weighted by Gasteiger charge is -2.37. The fraction of sp³-hybridized carbons (Fsp3) is 0.615. The number of carbonyl (C=O) groups excluding carboxylic acids is 1. The molecule has 1 amide bonds. The summed E-state index contributed by atoms with van der Waals surface area (Å²) in [5, 5.41) is 3.25. The number of amides is 1. The largest absolute Gasteiger partial charge is 0.355 e. The van der Waals surface area contributed by atoms with Gasteiger partial charge in [-0.1, -0.05) is 45.4 Å². The normalized spacial score (nSPS) is 22.0. The van der Waals surface area contributed by atoms with Crippen LogP contribution in [0.15, 0.2) is 29.8 Å². The van der Waals surface area contributed by atoms with Crippen molar-refractivity contribution in [2.24, 2.45) is 29.6 Å². The lowest BCUT2D eigenvalue weighted by atomic mass is 9.69. The van der Waals surface area contributed by atoms with Gasteiger partial charge in [0.1, 0.15) is 5.82 Å². The second kappa shape index (κ2) is 9.80. The molecule has 0 bridgehead atoms. The zero-order chi connectivity index (χ0) is 21.8. The summed E-state index contributed by atoms with van der Waals surface area (Å²) in [6.45, 7) is 13.9. The van der Waals surface area contributed by atoms with Crippen molar-refractivity contribution in [3.8, 4) is 0 Å². The molecule has 0 radical (unpaired) electrons. The van der Waals surface area contributed by atoms with Crippen molar-refractivity contribution in [1.82, 2.24) is 15.3 Å². The first kappa shape index (κ1) is 22.6. The molecule has 1 aliphatic rings. The summed E-state index contributed by atoms with van der Waals surface area (Å²) < 4.78 is 0. The summed E-state index contributed by atoms with van der Waals surface area (Å²) in [4.78, 5) is 20.8. The van der Waals surface area contributed by atoms with Crippen LogP contribution in [0.3, 0.4) is 0 Å². The van der Waals surface area contributed by atoms with Crippen LogP contribution in [0.2, 0.25) is 0 Å². The van der Waals surface area contributed by atoms with Gasteiger partial charge in [-0.05, 0) is 74.5 Å². The minimum Gasteiger partial charge on any atom is -0.355 e. The molecule has 164 valence electrons. The van der Waals surface area contributed by atoms with E-state index in [1.165, 1.54) is 11.1 Å². The van der Waals surface area contributed by atoms with E-state index in [1.54, 1.807) is 0 Å². The standard InChI is InChI=1S/C26H39N3O/c1-7-19(8-2)26(30)27-15-21-12-18(6)20(13-22(21)16(3)4)14-25-28-23-10-9-17(5)11-24(23)29-25/h9-12,16,19-22H,7-8,13-15H2,1-6H3,(H,27,30)(H,28,29)/t20-,21-,22-/m0/s1. The zero-order valence-electron chi connectivity index (χ0n) is 19.6. The van der Waals surface area contributed by atoms with Gasteiger partial charge >= 0.3 is 0 Å². The van der Waals surface area contributed by atoms with Gasteiger partial charge in [0, 0.05) is 18.9 Å². The molecule has 0 saturated carbocycles. The van der Waals surface area contributed by atoms with E-state index >= 15 is 0 Å². The van der Waals surface area contributed by atoms with Gasteiger partial charge in [0.05, 0.1) is 11.0 Å². The summed E-state index contributed by atoms with van der Waals surface area (Å²) in [6.07, 6.45) is 6.36. The Morgan fingerprint density at radius 3 is 2.63 bits per heavy atom. The monoisotopic (exact) mass is 409 g/mol. The molecular weight excluding hydrogens is 370 g/mol. The summed E-state index contributed by atoms with van der Waals surface area (Å²) in [5.41, 5.74) is 4.87. The number of aromatic amines is 1. The molecular formula is C26H39N3O. The molecule has 1 aliphatic carbocycles. The highest BCUT2D eigenvalue weighted by atomic mass is 16.1. The zero-order valence-corrected chi connectivity index (χ0v) is 19.6. The Hall–Kier alpha value is -2.10. The highest BCUT2D eigenvalue weighted by Crippen LogP contribution is 2.38. The fourth-order valence-electron chi connectivity index (χ4n) is 5.04. The highest BCUT2D eigenvalue weighted by molar-refractivity contribution is 5.78. The minimum absolute atomic E-state index is 0.139. The number of allylic oxidation sites excluding steroid dienone is 1. The lowest BCUT2D eigenvalue weighted by molar-refractivity contribution is -0.125. The van der Waals surface area contributed by atoms with Crippen molar-refractivity contribution in [2.45, 2.75) is 67.2 Å². The number of nitrogens with one attached hydrogen (secondary N) is 2. The van der Waals surface area contributed by atoms with Crippen LogP contribution in [-0.2, 0) is 11.2 Å². The molecule has 4 heteroatoms. The number of aryl methyl sites for hydroxylation is 1. The van der Waals surface area contributed by atoms with E-state index in [4.69, 9.17) is 4.98 Å². The third kappa shape index (κ3) is 5.14. The molecule has 2 aromatic rings. The van der Waals surface area contributed by atoms with Gasteiger partial charge in [-0.2, -0.15) is 0 Å². The van der Waals surface area contributed by atoms with E-state index in [0.717, 1.165) is 49.1 Å². The smallest absolute Gasteiger partial charge is 0.223 e. The fourth-order valence-corrected chi connectivity index (χ4v) is 5.04. The van der Waals surface area contributed by atoms with E-state index < -0.39 is 0 Å². The number of imidazole rings is 1. The number of H-pyrrole nitrogens is 1. The molecule has 0 fully saturated rings. The Labute approximate surface area is 181 Å². The molecule has 30 heavy (non-hydrogen) atoms. The first-order chi connectivity index (χ1) is 14.3. The molecule has 0 spiro atoms. The summed E-state index contributed by atoms with van der Waals surface area (Å²) >= 11 is 0. The second-order valence-corrected chi connectivity index (χ2v) is 9.58. The SMILES string of the molecule is CCC(CC)C(=O)NC[C@@H]1C=C(C)[C@H](Cc2nc3ccc(C)cc3[nH]2)C[C@H]1C(C)C. The van der Waals surface area contributed by atoms with Crippen molar-refractivity contribution < 1.29 is 4.79 Å². The number of aromatic nitrogens is 2. The van der Waals surface area contributed by atoms with E-state index in [0.29, 0.717) is 23.7 Å². The van der Waals surface area contributed by atoms with E-state index in [1.807, 2.05) is 0 Å². The first-order valence-corrected chi connectivity index (χ1v) is 11.7. The number of hydrogen-bond donors (Lipinski definition) is 2. The molecule has 1 aromatic carbocycles. The molecule has 1 heterocycles. The highest BCUT2D eigenvalue weighted by Gasteiger charge is 2.32. The topological polar surface area (TPSA) is 57.8 Å². The Bertz CT molecular complexity index is 891. The maximum Gasteiger partial charge on any atom is 0.223 e. The van der Waals surface area contributed by atoms with Gasteiger partial charge in [0.2, 0.25) is 5.91 Å². The summed E-state index contributed by atoms with van der Waals surface area (Å²) in [6, 6.07) is 6.39. The Morgan fingerprint density at radius 2 is 1.97 bits per heavy atom. The quantitative estimate of drug-likeness (QED) is 0.540. The van der Waals surface area contributed by atoms with Crippen LogP contribution in [-0.4, -0.2) is 22.4 Å². The average molecular weight is 410 g/mol.